The molecule has 0 saturated carbocycles. The molecule has 0 spiro atoms. The second kappa shape index (κ2) is 12.5. The molecule has 0 radical (unpaired) electrons. The zero-order valence-electron chi connectivity index (χ0n) is 21.7. The summed E-state index contributed by atoms with van der Waals surface area (Å²) in [6, 6.07) is 9.69. The molecule has 1 amide bonds. The molecule has 15 heteroatoms. The van der Waals surface area contributed by atoms with E-state index in [0.717, 1.165) is 19.1 Å². The van der Waals surface area contributed by atoms with Crippen molar-refractivity contribution in [3.05, 3.63) is 65.5 Å². The van der Waals surface area contributed by atoms with E-state index in [-0.39, 0.29) is 24.4 Å². The summed E-state index contributed by atoms with van der Waals surface area (Å²) in [6.45, 7) is 1.03. The molecule has 2 aromatic heterocycles. The first-order valence-electron chi connectivity index (χ1n) is 12.2. The normalized spacial score (nSPS) is 15.3. The molecule has 4 rings (SSSR count). The van der Waals surface area contributed by atoms with Gasteiger partial charge >= 0.3 is 187 Å². The van der Waals surface area contributed by atoms with Crippen LogP contribution in [0, 0.1) is 0 Å². The van der Waals surface area contributed by atoms with Crippen molar-refractivity contribution in [2.75, 3.05) is 30.1 Å². The number of rotatable bonds is 9. The number of carbonyl (C=O) groups is 1. The van der Waals surface area contributed by atoms with E-state index in [0.29, 0.717) is 40.7 Å². The second-order valence-electron chi connectivity index (χ2n) is 9.09. The van der Waals surface area contributed by atoms with Gasteiger partial charge in [-0.1, -0.05) is 0 Å². The van der Waals surface area contributed by atoms with Gasteiger partial charge in [0.25, 0.3) is 0 Å². The number of nitrogens with zero attached hydrogens (tertiary/aromatic N) is 3. The van der Waals surface area contributed by atoms with Crippen molar-refractivity contribution >= 4 is 49.4 Å². The van der Waals surface area contributed by atoms with Crippen molar-refractivity contribution in [3.8, 4) is 0 Å². The van der Waals surface area contributed by atoms with Crippen molar-refractivity contribution < 1.29 is 31.1 Å². The standard InChI is InChI=1S/C25H28AsF3N6O4S/c1-26(40(2,37)38)21-17(6-4-10-30-21)14-31-22-20(25(27,28)29)15-32-24(35-22)34-19-7-3-5-16(13-19)23(36)33-18-8-11-39-12-9-18/h3-7,10,13,15,18H,8-9,11-12,14H2,1-2H3,(H,33,36)(H2,31,32,34,35). The minimum absolute atomic E-state index is 0.00768. The molecule has 10 nitrogen and oxygen atoms in total. The van der Waals surface area contributed by atoms with Gasteiger partial charge in [-0.15, -0.1) is 0 Å². The Morgan fingerprint density at radius 3 is 2.60 bits per heavy atom. The van der Waals surface area contributed by atoms with Crippen LogP contribution < -0.4 is 20.4 Å². The molecule has 0 bridgehead atoms. The maximum atomic E-state index is 13.8. The topological polar surface area (TPSA) is 135 Å². The van der Waals surface area contributed by atoms with Crippen LogP contribution in [-0.4, -0.2) is 68.3 Å². The third kappa shape index (κ3) is 7.70. The van der Waals surface area contributed by atoms with Crippen LogP contribution >= 0.6 is 0 Å². The number of ether oxygens (including phenoxy) is 1. The second-order valence-corrected chi connectivity index (χ2v) is 20.6. The van der Waals surface area contributed by atoms with Gasteiger partial charge in [0.2, 0.25) is 0 Å². The summed E-state index contributed by atoms with van der Waals surface area (Å²) >= 11 is -2.61. The van der Waals surface area contributed by atoms with Crippen LogP contribution in [0.3, 0.4) is 0 Å². The number of aromatic nitrogens is 3. The average Bonchev–Trinajstić information content (AvgIpc) is 2.91. The quantitative estimate of drug-likeness (QED) is 0.302. The van der Waals surface area contributed by atoms with Gasteiger partial charge in [0.05, 0.1) is 0 Å². The van der Waals surface area contributed by atoms with Gasteiger partial charge in [-0.3, -0.25) is 4.79 Å². The van der Waals surface area contributed by atoms with Crippen LogP contribution in [0.15, 0.2) is 48.8 Å². The van der Waals surface area contributed by atoms with Crippen molar-refractivity contribution in [2.24, 2.45) is 0 Å². The summed E-state index contributed by atoms with van der Waals surface area (Å²) in [5.41, 5.74) is 1.78. The van der Waals surface area contributed by atoms with Gasteiger partial charge in [0.15, 0.2) is 0 Å². The Morgan fingerprint density at radius 1 is 1.15 bits per heavy atom. The summed E-state index contributed by atoms with van der Waals surface area (Å²) < 4.78 is 71.2. The van der Waals surface area contributed by atoms with E-state index in [2.05, 4.69) is 30.9 Å². The zero-order valence-corrected chi connectivity index (χ0v) is 24.4. The molecule has 1 aliphatic rings. The number of pyridine rings is 1. The Hall–Kier alpha value is -3.22. The maximum absolute atomic E-state index is 13.8. The number of amides is 1. The monoisotopic (exact) mass is 640 g/mol. The first kappa shape index (κ1) is 29.8. The molecular formula is C25H28AsF3N6O4S. The molecule has 3 aromatic rings. The fourth-order valence-corrected chi connectivity index (χ4v) is 8.75. The van der Waals surface area contributed by atoms with E-state index < -0.39 is 39.2 Å². The van der Waals surface area contributed by atoms with Crippen LogP contribution in [0.1, 0.15) is 34.3 Å². The number of benzene rings is 1. The third-order valence-corrected chi connectivity index (χ3v) is 16.4. The predicted molar refractivity (Wildman–Crippen MR) is 146 cm³/mol. The van der Waals surface area contributed by atoms with Crippen LogP contribution in [0.5, 0.6) is 0 Å². The first-order chi connectivity index (χ1) is 18.9. The van der Waals surface area contributed by atoms with Gasteiger partial charge in [0, 0.05) is 19.3 Å². The Bertz CT molecular complexity index is 1470. The number of nitrogens with one attached hydrogen (secondary N) is 3. The number of halogens is 3. The summed E-state index contributed by atoms with van der Waals surface area (Å²) in [5.74, 6) is -0.878. The van der Waals surface area contributed by atoms with Crippen LogP contribution in [-0.2, 0) is 25.6 Å². The van der Waals surface area contributed by atoms with E-state index in [4.69, 9.17) is 4.74 Å². The average molecular weight is 641 g/mol. The van der Waals surface area contributed by atoms with Crippen LogP contribution in [0.25, 0.3) is 0 Å². The number of carbonyl (C=O) groups excluding carboxylic acids is 1. The van der Waals surface area contributed by atoms with Crippen molar-refractivity contribution in [2.45, 2.75) is 37.3 Å². The SMILES string of the molecule is C[As](c1ncccc1CNc1nc(Nc2cccc(C(=O)NC3CCOCC3)c2)ncc1C(F)(F)F)S(C)(=O)=O. The molecule has 1 atom stereocenters. The van der Waals surface area contributed by atoms with Gasteiger partial charge in [-0.2, -0.15) is 0 Å². The number of hydrogen-bond acceptors (Lipinski definition) is 9. The number of hydrogen-bond donors (Lipinski definition) is 3. The molecule has 1 saturated heterocycles. The first-order valence-corrected chi connectivity index (χ1v) is 19.2. The van der Waals surface area contributed by atoms with E-state index in [1.54, 1.807) is 42.1 Å². The molecule has 1 aromatic carbocycles. The van der Waals surface area contributed by atoms with E-state index >= 15 is 0 Å². The van der Waals surface area contributed by atoms with Crippen molar-refractivity contribution in [1.29, 1.82) is 0 Å². The molecule has 1 unspecified atom stereocenters. The molecule has 1 fully saturated rings. The van der Waals surface area contributed by atoms with Gasteiger partial charge in [0.1, 0.15) is 0 Å². The van der Waals surface area contributed by atoms with E-state index in [9.17, 15) is 26.4 Å². The Balaban J connectivity index is 1.54. The fraction of sp³-hybridized carbons (Fsp3) is 0.360. The minimum atomic E-state index is -4.74. The van der Waals surface area contributed by atoms with Gasteiger partial charge in [-0.25, -0.2) is 0 Å². The van der Waals surface area contributed by atoms with Gasteiger partial charge in [-0.05, 0) is 12.8 Å². The number of anilines is 3. The van der Waals surface area contributed by atoms with Gasteiger partial charge < -0.3 is 10.1 Å². The molecule has 40 heavy (non-hydrogen) atoms. The Morgan fingerprint density at radius 2 is 1.90 bits per heavy atom. The summed E-state index contributed by atoms with van der Waals surface area (Å²) in [4.78, 5) is 24.8. The molecule has 3 N–H and O–H groups in total. The molecule has 3 heterocycles. The third-order valence-electron chi connectivity index (χ3n) is 6.14. The molecule has 1 aliphatic heterocycles. The summed E-state index contributed by atoms with van der Waals surface area (Å²) in [5, 5.41) is 8.50. The Labute approximate surface area is 233 Å². The zero-order chi connectivity index (χ0) is 28.9. The van der Waals surface area contributed by atoms with Crippen molar-refractivity contribution in [3.63, 3.8) is 0 Å². The molecule has 0 aliphatic carbocycles. The van der Waals surface area contributed by atoms with Crippen molar-refractivity contribution in [1.82, 2.24) is 20.3 Å². The number of alkyl halides is 3. The fourth-order valence-electron chi connectivity index (χ4n) is 3.95. The van der Waals surface area contributed by atoms with Crippen LogP contribution in [0.4, 0.5) is 30.6 Å². The van der Waals surface area contributed by atoms with E-state index in [1.165, 1.54) is 6.20 Å². The summed E-state index contributed by atoms with van der Waals surface area (Å²) in [7, 11) is -3.35. The molecule has 214 valence electrons. The van der Waals surface area contributed by atoms with Crippen LogP contribution in [0.2, 0.25) is 5.71 Å². The predicted octanol–water partition coefficient (Wildman–Crippen LogP) is 3.03. The molecular weight excluding hydrogens is 612 g/mol. The Kier molecular flexibility index (Phi) is 9.32. The summed E-state index contributed by atoms with van der Waals surface area (Å²) in [6.07, 6.45) is -0.0503. The van der Waals surface area contributed by atoms with E-state index in [1.807, 2.05) is 0 Å².